The number of aromatic nitrogens is 2. The molecule has 0 aliphatic rings. The molecule has 0 bridgehead atoms. The Bertz CT molecular complexity index is 823. The number of nitrogen functional groups attached to an aromatic ring is 1. The zero-order valence-electron chi connectivity index (χ0n) is 11.9. The summed E-state index contributed by atoms with van der Waals surface area (Å²) in [6.07, 6.45) is 0. The summed E-state index contributed by atoms with van der Waals surface area (Å²) in [5.41, 5.74) is 9.49. The number of nitro groups is 1. The first-order chi connectivity index (χ1) is 10.6. The summed E-state index contributed by atoms with van der Waals surface area (Å²) in [6, 6.07) is 16.0. The Morgan fingerprint density at radius 3 is 2.32 bits per heavy atom. The number of anilines is 1. The van der Waals surface area contributed by atoms with E-state index in [1.54, 1.807) is 16.7 Å². The van der Waals surface area contributed by atoms with Crippen molar-refractivity contribution in [2.45, 2.75) is 6.92 Å². The standard InChI is InChI=1S/C16H14N4O2/c1-11-15(12-5-3-2-4-6-12)19(16(17)18-11)13-7-9-14(10-8-13)20(21)22/h2-10H,1H3,(H2,17,18). The van der Waals surface area contributed by atoms with Crippen LogP contribution < -0.4 is 5.73 Å². The second-order valence-electron chi connectivity index (χ2n) is 4.88. The summed E-state index contributed by atoms with van der Waals surface area (Å²) in [4.78, 5) is 14.7. The molecule has 0 unspecified atom stereocenters. The van der Waals surface area contributed by atoms with Crippen LogP contribution >= 0.6 is 0 Å². The van der Waals surface area contributed by atoms with Gasteiger partial charge in [0.1, 0.15) is 0 Å². The number of hydrogen-bond acceptors (Lipinski definition) is 4. The van der Waals surface area contributed by atoms with Crippen LogP contribution in [-0.4, -0.2) is 14.5 Å². The van der Waals surface area contributed by atoms with Crippen LogP contribution in [0.2, 0.25) is 0 Å². The first kappa shape index (κ1) is 13.8. The van der Waals surface area contributed by atoms with Gasteiger partial charge in [-0.1, -0.05) is 30.3 Å². The van der Waals surface area contributed by atoms with Gasteiger partial charge < -0.3 is 5.73 Å². The number of nitro benzene ring substituents is 1. The van der Waals surface area contributed by atoms with Crippen LogP contribution in [0.25, 0.3) is 16.9 Å². The molecule has 0 radical (unpaired) electrons. The summed E-state index contributed by atoms with van der Waals surface area (Å²) >= 11 is 0. The lowest BCUT2D eigenvalue weighted by atomic mass is 10.1. The maximum atomic E-state index is 10.8. The minimum atomic E-state index is -0.426. The number of hydrogen-bond donors (Lipinski definition) is 1. The Hall–Kier alpha value is -3.15. The SMILES string of the molecule is Cc1nc(N)n(-c2ccc([N+](=O)[O-])cc2)c1-c1ccccc1. The average molecular weight is 294 g/mol. The van der Waals surface area contributed by atoms with Gasteiger partial charge in [-0.15, -0.1) is 0 Å². The van der Waals surface area contributed by atoms with Gasteiger partial charge in [0.15, 0.2) is 0 Å². The van der Waals surface area contributed by atoms with E-state index >= 15 is 0 Å². The zero-order chi connectivity index (χ0) is 15.7. The largest absolute Gasteiger partial charge is 0.369 e. The van der Waals surface area contributed by atoms with Gasteiger partial charge in [-0.05, 0) is 19.1 Å². The van der Waals surface area contributed by atoms with Gasteiger partial charge in [-0.2, -0.15) is 0 Å². The zero-order valence-corrected chi connectivity index (χ0v) is 11.9. The fraction of sp³-hybridized carbons (Fsp3) is 0.0625. The number of rotatable bonds is 3. The van der Waals surface area contributed by atoms with E-state index in [4.69, 9.17) is 5.73 Å². The molecule has 0 fully saturated rings. The molecule has 0 saturated heterocycles. The van der Waals surface area contributed by atoms with E-state index in [0.717, 1.165) is 22.6 Å². The molecular formula is C16H14N4O2. The third-order valence-electron chi connectivity index (χ3n) is 3.44. The molecule has 2 N–H and O–H groups in total. The van der Waals surface area contributed by atoms with Gasteiger partial charge in [-0.25, -0.2) is 4.98 Å². The lowest BCUT2D eigenvalue weighted by molar-refractivity contribution is -0.384. The van der Waals surface area contributed by atoms with Crippen LogP contribution in [0.15, 0.2) is 54.6 Å². The van der Waals surface area contributed by atoms with Gasteiger partial charge in [0.2, 0.25) is 5.95 Å². The number of aryl methyl sites for hydroxylation is 1. The highest BCUT2D eigenvalue weighted by Crippen LogP contribution is 2.30. The molecule has 1 aromatic heterocycles. The minimum absolute atomic E-state index is 0.0421. The second-order valence-corrected chi connectivity index (χ2v) is 4.88. The highest BCUT2D eigenvalue weighted by molar-refractivity contribution is 5.68. The Morgan fingerprint density at radius 2 is 1.73 bits per heavy atom. The minimum Gasteiger partial charge on any atom is -0.369 e. The molecule has 0 atom stereocenters. The summed E-state index contributed by atoms with van der Waals surface area (Å²) in [7, 11) is 0. The van der Waals surface area contributed by atoms with E-state index in [1.165, 1.54) is 12.1 Å². The first-order valence-corrected chi connectivity index (χ1v) is 6.73. The van der Waals surface area contributed by atoms with E-state index in [1.807, 2.05) is 37.3 Å². The van der Waals surface area contributed by atoms with Crippen molar-refractivity contribution < 1.29 is 4.92 Å². The van der Waals surface area contributed by atoms with Crippen LogP contribution in [0.5, 0.6) is 0 Å². The third-order valence-corrected chi connectivity index (χ3v) is 3.44. The third kappa shape index (κ3) is 2.31. The predicted octanol–water partition coefficient (Wildman–Crippen LogP) is 3.34. The number of benzene rings is 2. The normalized spacial score (nSPS) is 10.6. The van der Waals surface area contributed by atoms with Gasteiger partial charge in [-0.3, -0.25) is 14.7 Å². The van der Waals surface area contributed by atoms with Gasteiger partial charge in [0, 0.05) is 23.4 Å². The topological polar surface area (TPSA) is 87.0 Å². The molecule has 110 valence electrons. The Kier molecular flexibility index (Phi) is 3.34. The van der Waals surface area contributed by atoms with Crippen molar-refractivity contribution in [3.63, 3.8) is 0 Å². The van der Waals surface area contributed by atoms with Crippen molar-refractivity contribution in [2.24, 2.45) is 0 Å². The Morgan fingerprint density at radius 1 is 1.09 bits per heavy atom. The van der Waals surface area contributed by atoms with Crippen molar-refractivity contribution >= 4 is 11.6 Å². The molecule has 3 rings (SSSR count). The molecule has 0 amide bonds. The molecule has 3 aromatic rings. The molecule has 6 heteroatoms. The Balaban J connectivity index is 2.17. The van der Waals surface area contributed by atoms with E-state index in [-0.39, 0.29) is 5.69 Å². The van der Waals surface area contributed by atoms with Gasteiger partial charge in [0.25, 0.3) is 5.69 Å². The lowest BCUT2D eigenvalue weighted by Gasteiger charge is -2.10. The molecule has 22 heavy (non-hydrogen) atoms. The van der Waals surface area contributed by atoms with E-state index in [0.29, 0.717) is 5.95 Å². The molecule has 0 aliphatic carbocycles. The molecular weight excluding hydrogens is 280 g/mol. The van der Waals surface area contributed by atoms with Crippen LogP contribution in [0.3, 0.4) is 0 Å². The van der Waals surface area contributed by atoms with E-state index in [9.17, 15) is 10.1 Å². The van der Waals surface area contributed by atoms with Crippen LogP contribution in [0.4, 0.5) is 11.6 Å². The van der Waals surface area contributed by atoms with Crippen molar-refractivity contribution in [1.82, 2.24) is 9.55 Å². The summed E-state index contributed by atoms with van der Waals surface area (Å²) in [5.74, 6) is 0.352. The summed E-state index contributed by atoms with van der Waals surface area (Å²) in [6.45, 7) is 1.89. The molecule has 2 aromatic carbocycles. The average Bonchev–Trinajstić information content (AvgIpc) is 2.82. The van der Waals surface area contributed by atoms with Crippen LogP contribution in [0, 0.1) is 17.0 Å². The predicted molar refractivity (Wildman–Crippen MR) is 84.8 cm³/mol. The molecule has 1 heterocycles. The molecule has 0 saturated carbocycles. The smallest absolute Gasteiger partial charge is 0.269 e. The quantitative estimate of drug-likeness (QED) is 0.593. The van der Waals surface area contributed by atoms with E-state index < -0.39 is 4.92 Å². The lowest BCUT2D eigenvalue weighted by Crippen LogP contribution is -2.02. The summed E-state index contributed by atoms with van der Waals surface area (Å²) in [5, 5.41) is 10.8. The monoisotopic (exact) mass is 294 g/mol. The highest BCUT2D eigenvalue weighted by Gasteiger charge is 2.16. The van der Waals surface area contributed by atoms with Crippen molar-refractivity contribution in [1.29, 1.82) is 0 Å². The first-order valence-electron chi connectivity index (χ1n) is 6.73. The maximum Gasteiger partial charge on any atom is 0.269 e. The van der Waals surface area contributed by atoms with Gasteiger partial charge >= 0.3 is 0 Å². The van der Waals surface area contributed by atoms with Crippen molar-refractivity contribution in [3.05, 3.63) is 70.4 Å². The molecule has 6 nitrogen and oxygen atoms in total. The molecule has 0 spiro atoms. The number of imidazole rings is 1. The van der Waals surface area contributed by atoms with Crippen LogP contribution in [-0.2, 0) is 0 Å². The number of nitrogens with two attached hydrogens (primary N) is 1. The molecule has 0 aliphatic heterocycles. The van der Waals surface area contributed by atoms with Crippen LogP contribution in [0.1, 0.15) is 5.69 Å². The van der Waals surface area contributed by atoms with Gasteiger partial charge in [0.05, 0.1) is 16.3 Å². The fourth-order valence-corrected chi connectivity index (χ4v) is 2.47. The highest BCUT2D eigenvalue weighted by atomic mass is 16.6. The maximum absolute atomic E-state index is 10.8. The number of non-ortho nitro benzene ring substituents is 1. The van der Waals surface area contributed by atoms with E-state index in [2.05, 4.69) is 4.98 Å². The number of nitrogens with zero attached hydrogens (tertiary/aromatic N) is 3. The second kappa shape index (κ2) is 5.33. The van der Waals surface area contributed by atoms with Crippen molar-refractivity contribution in [2.75, 3.05) is 5.73 Å². The summed E-state index contributed by atoms with van der Waals surface area (Å²) < 4.78 is 1.80. The fourth-order valence-electron chi connectivity index (χ4n) is 2.47. The van der Waals surface area contributed by atoms with Crippen molar-refractivity contribution in [3.8, 4) is 16.9 Å². The Labute approximate surface area is 127 Å².